The molecule has 1 heterocycles. The molecule has 120 valence electrons. The number of carbonyl (C=O) groups is 2. The van der Waals surface area contributed by atoms with Gasteiger partial charge in [-0.05, 0) is 38.5 Å². The van der Waals surface area contributed by atoms with Gasteiger partial charge in [-0.1, -0.05) is 6.07 Å². The summed E-state index contributed by atoms with van der Waals surface area (Å²) < 4.78 is 5.36. The summed E-state index contributed by atoms with van der Waals surface area (Å²) in [5.74, 6) is 0.439. The Morgan fingerprint density at radius 3 is 2.64 bits per heavy atom. The van der Waals surface area contributed by atoms with E-state index in [0.717, 1.165) is 11.3 Å². The summed E-state index contributed by atoms with van der Waals surface area (Å²) in [6.45, 7) is 7.66. The highest BCUT2D eigenvalue weighted by Gasteiger charge is 2.37. The molecule has 1 unspecified atom stereocenters. The highest BCUT2D eigenvalue weighted by Crippen LogP contribution is 2.34. The lowest BCUT2D eigenvalue weighted by molar-refractivity contribution is -0.135. The number of hydrogen-bond acceptors (Lipinski definition) is 3. The van der Waals surface area contributed by atoms with E-state index in [-0.39, 0.29) is 24.2 Å². The van der Waals surface area contributed by atoms with Gasteiger partial charge in [0, 0.05) is 26.1 Å². The highest BCUT2D eigenvalue weighted by atomic mass is 16.5. The van der Waals surface area contributed by atoms with Crippen molar-refractivity contribution in [3.05, 3.63) is 23.8 Å². The maximum absolute atomic E-state index is 12.5. The monoisotopic (exact) mass is 304 g/mol. The Bertz CT molecular complexity index is 567. The zero-order valence-electron chi connectivity index (χ0n) is 13.8. The van der Waals surface area contributed by atoms with Crippen molar-refractivity contribution >= 4 is 17.5 Å². The molecular weight excluding hydrogens is 280 g/mol. The van der Waals surface area contributed by atoms with Crippen molar-refractivity contribution in [2.24, 2.45) is 5.92 Å². The van der Waals surface area contributed by atoms with Crippen molar-refractivity contribution in [1.82, 2.24) is 4.90 Å². The van der Waals surface area contributed by atoms with E-state index in [1.165, 1.54) is 0 Å². The minimum Gasteiger partial charge on any atom is -0.495 e. The Kier molecular flexibility index (Phi) is 5.06. The molecule has 0 aromatic heterocycles. The largest absolute Gasteiger partial charge is 0.495 e. The molecule has 2 rings (SSSR count). The van der Waals surface area contributed by atoms with E-state index in [4.69, 9.17) is 4.74 Å². The zero-order valence-corrected chi connectivity index (χ0v) is 13.8. The van der Waals surface area contributed by atoms with E-state index in [9.17, 15) is 9.59 Å². The van der Waals surface area contributed by atoms with Crippen LogP contribution in [0, 0.1) is 12.8 Å². The summed E-state index contributed by atoms with van der Waals surface area (Å²) in [6, 6.07) is 5.74. The van der Waals surface area contributed by atoms with Crippen molar-refractivity contribution in [2.75, 3.05) is 31.6 Å². The van der Waals surface area contributed by atoms with Gasteiger partial charge in [-0.15, -0.1) is 0 Å². The minimum absolute atomic E-state index is 0.0191. The van der Waals surface area contributed by atoms with Crippen molar-refractivity contribution in [3.63, 3.8) is 0 Å². The van der Waals surface area contributed by atoms with Gasteiger partial charge in [-0.3, -0.25) is 9.59 Å². The van der Waals surface area contributed by atoms with Gasteiger partial charge in [0.25, 0.3) is 0 Å². The van der Waals surface area contributed by atoms with E-state index < -0.39 is 0 Å². The topological polar surface area (TPSA) is 49.9 Å². The zero-order chi connectivity index (χ0) is 16.3. The van der Waals surface area contributed by atoms with Gasteiger partial charge in [0.1, 0.15) is 5.75 Å². The first-order valence-corrected chi connectivity index (χ1v) is 7.75. The Morgan fingerprint density at radius 2 is 2.05 bits per heavy atom. The lowest BCUT2D eigenvalue weighted by Crippen LogP contribution is -2.37. The number of aryl methyl sites for hydroxylation is 1. The first-order valence-electron chi connectivity index (χ1n) is 7.75. The molecule has 1 atom stereocenters. The molecule has 1 aliphatic rings. The second-order valence-electron chi connectivity index (χ2n) is 5.59. The van der Waals surface area contributed by atoms with Gasteiger partial charge in [0.15, 0.2) is 0 Å². The van der Waals surface area contributed by atoms with Crippen molar-refractivity contribution in [2.45, 2.75) is 27.2 Å². The molecule has 1 saturated heterocycles. The first kappa shape index (κ1) is 16.3. The van der Waals surface area contributed by atoms with E-state index in [2.05, 4.69) is 0 Å². The molecule has 1 fully saturated rings. The van der Waals surface area contributed by atoms with Crippen LogP contribution in [-0.4, -0.2) is 43.5 Å². The molecule has 1 aliphatic heterocycles. The number of carbonyl (C=O) groups excluding carboxylic acids is 2. The van der Waals surface area contributed by atoms with Crippen LogP contribution in [0.4, 0.5) is 5.69 Å². The third kappa shape index (κ3) is 3.08. The summed E-state index contributed by atoms with van der Waals surface area (Å²) in [5, 5.41) is 0. The van der Waals surface area contributed by atoms with Gasteiger partial charge in [-0.25, -0.2) is 0 Å². The summed E-state index contributed by atoms with van der Waals surface area (Å²) in [5.41, 5.74) is 1.81. The number of ether oxygens (including phenoxy) is 1. The summed E-state index contributed by atoms with van der Waals surface area (Å²) in [4.78, 5) is 28.3. The van der Waals surface area contributed by atoms with Crippen LogP contribution in [0.1, 0.15) is 25.8 Å². The number of anilines is 1. The highest BCUT2D eigenvalue weighted by molar-refractivity contribution is 6.01. The van der Waals surface area contributed by atoms with Gasteiger partial charge >= 0.3 is 0 Å². The molecule has 5 heteroatoms. The molecule has 22 heavy (non-hydrogen) atoms. The number of benzene rings is 1. The predicted molar refractivity (Wildman–Crippen MR) is 86.1 cm³/mol. The Balaban J connectivity index is 2.23. The van der Waals surface area contributed by atoms with Crippen LogP contribution in [0.25, 0.3) is 0 Å². The average Bonchev–Trinajstić information content (AvgIpc) is 2.90. The SMILES string of the molecule is CCN(CC)C(=O)C1CC(=O)N(c2cc(C)ccc2OC)C1. The molecule has 1 aromatic rings. The molecule has 2 amide bonds. The van der Waals surface area contributed by atoms with Crippen LogP contribution in [0.5, 0.6) is 5.75 Å². The Morgan fingerprint density at radius 1 is 1.36 bits per heavy atom. The number of methoxy groups -OCH3 is 1. The van der Waals surface area contributed by atoms with Gasteiger partial charge < -0.3 is 14.5 Å². The summed E-state index contributed by atoms with van der Waals surface area (Å²) in [7, 11) is 1.59. The molecule has 0 radical (unpaired) electrons. The molecule has 0 aliphatic carbocycles. The van der Waals surface area contributed by atoms with Gasteiger partial charge in [0.05, 0.1) is 18.7 Å². The van der Waals surface area contributed by atoms with Crippen LogP contribution < -0.4 is 9.64 Å². The second kappa shape index (κ2) is 6.81. The van der Waals surface area contributed by atoms with Gasteiger partial charge in [0.2, 0.25) is 11.8 Å². The minimum atomic E-state index is -0.266. The maximum atomic E-state index is 12.5. The fraction of sp³-hybridized carbons (Fsp3) is 0.529. The average molecular weight is 304 g/mol. The van der Waals surface area contributed by atoms with Crippen LogP contribution in [-0.2, 0) is 9.59 Å². The second-order valence-corrected chi connectivity index (χ2v) is 5.59. The molecule has 0 N–H and O–H groups in total. The number of hydrogen-bond donors (Lipinski definition) is 0. The van der Waals surface area contributed by atoms with Crippen molar-refractivity contribution < 1.29 is 14.3 Å². The molecule has 5 nitrogen and oxygen atoms in total. The van der Waals surface area contributed by atoms with Crippen LogP contribution in [0.15, 0.2) is 18.2 Å². The standard InChI is InChI=1S/C17H24N2O3/c1-5-18(6-2)17(21)13-10-16(20)19(11-13)14-9-12(3)7-8-15(14)22-4/h7-9,13H,5-6,10-11H2,1-4H3. The van der Waals surface area contributed by atoms with E-state index >= 15 is 0 Å². The van der Waals surface area contributed by atoms with Crippen molar-refractivity contribution in [3.8, 4) is 5.75 Å². The number of nitrogens with zero attached hydrogens (tertiary/aromatic N) is 2. The summed E-state index contributed by atoms with van der Waals surface area (Å²) in [6.07, 6.45) is 0.270. The van der Waals surface area contributed by atoms with Crippen molar-refractivity contribution in [1.29, 1.82) is 0 Å². The van der Waals surface area contributed by atoms with E-state index in [0.29, 0.717) is 25.4 Å². The number of amides is 2. The van der Waals surface area contributed by atoms with Gasteiger partial charge in [-0.2, -0.15) is 0 Å². The normalized spacial score (nSPS) is 17.7. The number of rotatable bonds is 5. The van der Waals surface area contributed by atoms with E-state index in [1.807, 2.05) is 39.0 Å². The molecular formula is C17H24N2O3. The first-order chi connectivity index (χ1) is 10.5. The lowest BCUT2D eigenvalue weighted by Gasteiger charge is -2.23. The Hall–Kier alpha value is -2.04. The maximum Gasteiger partial charge on any atom is 0.227 e. The third-order valence-electron chi connectivity index (χ3n) is 4.17. The fourth-order valence-corrected chi connectivity index (χ4v) is 2.91. The van der Waals surface area contributed by atoms with Crippen LogP contribution >= 0.6 is 0 Å². The summed E-state index contributed by atoms with van der Waals surface area (Å²) >= 11 is 0. The molecule has 0 saturated carbocycles. The quantitative estimate of drug-likeness (QED) is 0.838. The third-order valence-corrected chi connectivity index (χ3v) is 4.17. The molecule has 0 bridgehead atoms. The Labute approximate surface area is 131 Å². The molecule has 1 aromatic carbocycles. The van der Waals surface area contributed by atoms with Crippen LogP contribution in [0.3, 0.4) is 0 Å². The van der Waals surface area contributed by atoms with Crippen LogP contribution in [0.2, 0.25) is 0 Å². The predicted octanol–water partition coefficient (Wildman–Crippen LogP) is 2.22. The fourth-order valence-electron chi connectivity index (χ4n) is 2.91. The lowest BCUT2D eigenvalue weighted by atomic mass is 10.1. The van der Waals surface area contributed by atoms with E-state index in [1.54, 1.807) is 16.9 Å². The smallest absolute Gasteiger partial charge is 0.227 e. The molecule has 0 spiro atoms.